The molecule has 43 heavy (non-hydrogen) atoms. The highest BCUT2D eigenvalue weighted by Gasteiger charge is 2.42. The molecule has 3 aromatic carbocycles. The molecule has 0 bridgehead atoms. The van der Waals surface area contributed by atoms with Crippen molar-refractivity contribution in [2.75, 3.05) is 17.2 Å². The van der Waals surface area contributed by atoms with Crippen LogP contribution in [-0.2, 0) is 19.1 Å². The third-order valence-electron chi connectivity index (χ3n) is 6.12. The summed E-state index contributed by atoms with van der Waals surface area (Å²) in [6.07, 6.45) is -4.39. The highest BCUT2D eigenvalue weighted by Crippen LogP contribution is 2.32. The van der Waals surface area contributed by atoms with Crippen LogP contribution in [0.1, 0.15) is 12.8 Å². The van der Waals surface area contributed by atoms with Crippen LogP contribution in [0.25, 0.3) is 0 Å². The zero-order chi connectivity index (χ0) is 30.8. The Morgan fingerprint density at radius 1 is 0.884 bits per heavy atom. The molecular formula is C30H28BrFN4O7. The Kier molecular flexibility index (Phi) is 10.7. The molecule has 3 atom stereocenters. The van der Waals surface area contributed by atoms with Gasteiger partial charge in [0.2, 0.25) is 11.8 Å². The number of halogens is 2. The Morgan fingerprint density at radius 3 is 2.09 bits per heavy atom. The Bertz CT molecular complexity index is 1490. The zero-order valence-corrected chi connectivity index (χ0v) is 24.2. The van der Waals surface area contributed by atoms with E-state index in [-0.39, 0.29) is 30.7 Å². The number of ether oxygens (including phenoxy) is 3. The zero-order valence-electron chi connectivity index (χ0n) is 22.6. The molecular weight excluding hydrogens is 627 g/mol. The van der Waals surface area contributed by atoms with E-state index in [0.29, 0.717) is 15.8 Å². The summed E-state index contributed by atoms with van der Waals surface area (Å²) in [5.41, 5.74) is 6.17. The number of primary amides is 1. The molecule has 0 radical (unpaired) electrons. The van der Waals surface area contributed by atoms with E-state index in [9.17, 15) is 23.6 Å². The molecule has 224 valence electrons. The normalized spacial score (nSPS) is 17.5. The van der Waals surface area contributed by atoms with Gasteiger partial charge in [-0.3, -0.25) is 20.2 Å². The lowest BCUT2D eigenvalue weighted by atomic mass is 9.91. The van der Waals surface area contributed by atoms with E-state index in [1.807, 2.05) is 0 Å². The minimum Gasteiger partial charge on any atom is -0.481 e. The summed E-state index contributed by atoms with van der Waals surface area (Å²) in [7, 11) is 0. The number of amides is 4. The van der Waals surface area contributed by atoms with Crippen LogP contribution in [0.4, 0.5) is 25.4 Å². The summed E-state index contributed by atoms with van der Waals surface area (Å²) in [6.45, 7) is -0.0358. The molecule has 0 unspecified atom stereocenters. The van der Waals surface area contributed by atoms with Crippen molar-refractivity contribution in [3.8, 4) is 5.75 Å². The van der Waals surface area contributed by atoms with Gasteiger partial charge in [-0.15, -0.1) is 0 Å². The minimum atomic E-state index is -1.29. The van der Waals surface area contributed by atoms with E-state index in [1.54, 1.807) is 60.7 Å². The Hall–Kier alpha value is -4.91. The highest BCUT2D eigenvalue weighted by molar-refractivity contribution is 9.10. The van der Waals surface area contributed by atoms with E-state index >= 15 is 0 Å². The number of hydrogen-bond acceptors (Lipinski definition) is 7. The van der Waals surface area contributed by atoms with Crippen LogP contribution >= 0.6 is 15.9 Å². The predicted octanol–water partition coefficient (Wildman–Crippen LogP) is 4.89. The lowest BCUT2D eigenvalue weighted by Crippen LogP contribution is -2.50. The van der Waals surface area contributed by atoms with Gasteiger partial charge in [0.25, 0.3) is 0 Å². The Morgan fingerprint density at radius 2 is 1.49 bits per heavy atom. The molecule has 11 nitrogen and oxygen atoms in total. The van der Waals surface area contributed by atoms with Gasteiger partial charge >= 0.3 is 12.2 Å². The molecule has 0 fully saturated rings. The number of hydrogen-bond donors (Lipinski definition) is 4. The summed E-state index contributed by atoms with van der Waals surface area (Å²) < 4.78 is 32.0. The first-order valence-electron chi connectivity index (χ1n) is 13.1. The Labute approximate surface area is 254 Å². The molecule has 4 rings (SSSR count). The largest absolute Gasteiger partial charge is 0.481 e. The molecule has 0 aromatic heterocycles. The van der Waals surface area contributed by atoms with Crippen molar-refractivity contribution in [3.05, 3.63) is 101 Å². The van der Waals surface area contributed by atoms with Crippen molar-refractivity contribution in [2.24, 2.45) is 5.73 Å². The average molecular weight is 655 g/mol. The first kappa shape index (κ1) is 31.0. The molecule has 0 heterocycles. The van der Waals surface area contributed by atoms with Crippen LogP contribution in [0.15, 0.2) is 95.0 Å². The fourth-order valence-corrected chi connectivity index (χ4v) is 4.49. The van der Waals surface area contributed by atoms with Crippen LogP contribution in [0.5, 0.6) is 5.75 Å². The van der Waals surface area contributed by atoms with E-state index in [4.69, 9.17) is 19.9 Å². The number of carbonyl (C=O) groups is 4. The van der Waals surface area contributed by atoms with Crippen LogP contribution in [0.3, 0.4) is 0 Å². The van der Waals surface area contributed by atoms with Crippen LogP contribution in [-0.4, -0.2) is 48.9 Å². The first-order chi connectivity index (χ1) is 20.7. The molecule has 5 N–H and O–H groups in total. The summed E-state index contributed by atoms with van der Waals surface area (Å²) in [4.78, 5) is 50.1. The third kappa shape index (κ3) is 9.30. The van der Waals surface area contributed by atoms with Crippen LogP contribution in [0.2, 0.25) is 0 Å². The lowest BCUT2D eigenvalue weighted by molar-refractivity contribution is -0.119. The summed E-state index contributed by atoms with van der Waals surface area (Å²) in [5, 5.41) is 7.76. The first-order valence-corrected chi connectivity index (χ1v) is 13.9. The average Bonchev–Trinajstić information content (AvgIpc) is 2.97. The second kappa shape index (κ2) is 14.8. The molecule has 0 spiro atoms. The quantitative estimate of drug-likeness (QED) is 0.242. The summed E-state index contributed by atoms with van der Waals surface area (Å²) in [6, 6.07) is 20.8. The molecule has 0 saturated heterocycles. The molecule has 4 amide bonds. The lowest BCUT2D eigenvalue weighted by Gasteiger charge is -2.35. The van der Waals surface area contributed by atoms with Gasteiger partial charge in [0.05, 0.1) is 4.47 Å². The second-order valence-electron chi connectivity index (χ2n) is 9.32. The molecule has 13 heteroatoms. The van der Waals surface area contributed by atoms with Crippen LogP contribution < -0.4 is 26.4 Å². The number of benzene rings is 3. The van der Waals surface area contributed by atoms with Gasteiger partial charge < -0.3 is 25.3 Å². The van der Waals surface area contributed by atoms with Gasteiger partial charge in [0.15, 0.2) is 12.2 Å². The van der Waals surface area contributed by atoms with Crippen molar-refractivity contribution < 1.29 is 37.8 Å². The molecule has 3 aromatic rings. The van der Waals surface area contributed by atoms with Gasteiger partial charge in [-0.05, 0) is 58.4 Å². The number of para-hydroxylation sites is 2. The highest BCUT2D eigenvalue weighted by atomic mass is 79.9. The maximum absolute atomic E-state index is 14.1. The van der Waals surface area contributed by atoms with Gasteiger partial charge in [0.1, 0.15) is 17.7 Å². The van der Waals surface area contributed by atoms with Gasteiger partial charge in [-0.25, -0.2) is 14.0 Å². The van der Waals surface area contributed by atoms with E-state index in [2.05, 4.69) is 31.9 Å². The Balaban J connectivity index is 1.65. The smallest absolute Gasteiger partial charge is 0.412 e. The summed E-state index contributed by atoms with van der Waals surface area (Å²) >= 11 is 3.31. The molecule has 1 aliphatic carbocycles. The SMILES string of the molecule is NC(=O)CCNC(=O)C1=C[C@@H](Oc2cc(F)ccc2Br)[C@H](OC(=O)Nc2ccccc2)[C@H](OC(=O)Nc2ccccc2)C1. The fourth-order valence-electron chi connectivity index (χ4n) is 4.15. The number of rotatable bonds is 10. The van der Waals surface area contributed by atoms with Crippen molar-refractivity contribution in [1.29, 1.82) is 0 Å². The van der Waals surface area contributed by atoms with Crippen molar-refractivity contribution >= 4 is 51.3 Å². The fraction of sp³-hybridized carbons (Fsp3) is 0.200. The number of anilines is 2. The van der Waals surface area contributed by atoms with E-state index < -0.39 is 48.1 Å². The standard InChI is InChI=1S/C30H28BrFN4O7/c31-22-12-11-19(32)17-23(22)41-24-15-18(28(38)34-14-13-26(33)37)16-25(42-29(39)35-20-7-3-1-4-8-20)27(24)43-30(40)36-21-9-5-2-6-10-21/h1-12,15,17,24-25,27H,13-14,16H2,(H2,33,37)(H,34,38)(H,35,39)(H,36,40)/t24-,25-,27+/m1/s1. The van der Waals surface area contributed by atoms with Gasteiger partial charge in [-0.2, -0.15) is 0 Å². The molecule has 0 aliphatic heterocycles. The van der Waals surface area contributed by atoms with Gasteiger partial charge in [-0.1, -0.05) is 36.4 Å². The van der Waals surface area contributed by atoms with Crippen molar-refractivity contribution in [2.45, 2.75) is 31.2 Å². The van der Waals surface area contributed by atoms with Gasteiger partial charge in [0, 0.05) is 42.4 Å². The topological polar surface area (TPSA) is 158 Å². The van der Waals surface area contributed by atoms with Crippen molar-refractivity contribution in [1.82, 2.24) is 5.32 Å². The third-order valence-corrected chi connectivity index (χ3v) is 6.78. The monoisotopic (exact) mass is 654 g/mol. The number of carbonyl (C=O) groups excluding carboxylic acids is 4. The van der Waals surface area contributed by atoms with Crippen molar-refractivity contribution in [3.63, 3.8) is 0 Å². The predicted molar refractivity (Wildman–Crippen MR) is 159 cm³/mol. The number of nitrogens with one attached hydrogen (secondary N) is 3. The summed E-state index contributed by atoms with van der Waals surface area (Å²) in [5.74, 6) is -1.75. The van der Waals surface area contributed by atoms with E-state index in [1.165, 1.54) is 18.2 Å². The van der Waals surface area contributed by atoms with E-state index in [0.717, 1.165) is 6.07 Å². The molecule has 0 saturated carbocycles. The number of nitrogens with two attached hydrogens (primary N) is 1. The van der Waals surface area contributed by atoms with Crippen LogP contribution in [0, 0.1) is 5.82 Å². The maximum atomic E-state index is 14.1. The molecule has 1 aliphatic rings. The second-order valence-corrected chi connectivity index (χ2v) is 10.2. The maximum Gasteiger partial charge on any atom is 0.412 e. The minimum absolute atomic E-state index is 0.0358.